The monoisotopic (exact) mass is 397 g/mol. The largest absolute Gasteiger partial charge is 0.477 e. The molecular formula is C18H17Cl2NO5. The Morgan fingerprint density at radius 1 is 1.08 bits per heavy atom. The molecule has 1 N–H and O–H groups in total. The zero-order valence-corrected chi connectivity index (χ0v) is 15.9. The first kappa shape index (κ1) is 20.0. The number of aromatic carboxylic acids is 1. The van der Waals surface area contributed by atoms with Gasteiger partial charge in [-0.2, -0.15) is 0 Å². The fourth-order valence-electron chi connectivity index (χ4n) is 2.30. The van der Waals surface area contributed by atoms with Gasteiger partial charge in [-0.3, -0.25) is 9.59 Å². The first-order valence-corrected chi connectivity index (χ1v) is 8.38. The Morgan fingerprint density at radius 2 is 1.65 bits per heavy atom. The molecule has 0 amide bonds. The molecule has 0 fully saturated rings. The fraction of sp³-hybridized carbons (Fsp3) is 0.278. The normalized spacial score (nSPS) is 11.3. The van der Waals surface area contributed by atoms with Gasteiger partial charge in [0.2, 0.25) is 0 Å². The molecule has 138 valence electrons. The van der Waals surface area contributed by atoms with E-state index in [1.165, 1.54) is 18.3 Å². The number of carboxylic acid groups (broad SMARTS) is 1. The van der Waals surface area contributed by atoms with Crippen molar-refractivity contribution < 1.29 is 19.4 Å². The third kappa shape index (κ3) is 5.09. The number of halogens is 2. The quantitative estimate of drug-likeness (QED) is 0.791. The van der Waals surface area contributed by atoms with Gasteiger partial charge >= 0.3 is 11.9 Å². The van der Waals surface area contributed by atoms with Crippen LogP contribution in [0.5, 0.6) is 0 Å². The molecule has 2 aromatic rings. The fourth-order valence-corrected chi connectivity index (χ4v) is 2.82. The minimum Gasteiger partial charge on any atom is -0.477 e. The van der Waals surface area contributed by atoms with Gasteiger partial charge in [-0.25, -0.2) is 4.79 Å². The van der Waals surface area contributed by atoms with E-state index < -0.39 is 35.2 Å². The summed E-state index contributed by atoms with van der Waals surface area (Å²) in [6, 6.07) is 5.91. The van der Waals surface area contributed by atoms with E-state index in [0.29, 0.717) is 21.2 Å². The molecule has 0 aliphatic rings. The Balaban J connectivity index is 2.54. The van der Waals surface area contributed by atoms with Crippen LogP contribution in [0, 0.1) is 0 Å². The van der Waals surface area contributed by atoms with Crippen LogP contribution in [0.3, 0.4) is 0 Å². The van der Waals surface area contributed by atoms with Gasteiger partial charge in [0, 0.05) is 16.2 Å². The number of hydrogen-bond donors (Lipinski definition) is 1. The van der Waals surface area contributed by atoms with E-state index in [1.54, 1.807) is 32.9 Å². The number of carbonyl (C=O) groups is 2. The average Bonchev–Trinajstić information content (AvgIpc) is 2.45. The molecule has 1 heterocycles. The van der Waals surface area contributed by atoms with E-state index in [4.69, 9.17) is 27.9 Å². The Labute approximate surface area is 159 Å². The number of ether oxygens (including phenoxy) is 1. The lowest BCUT2D eigenvalue weighted by Crippen LogP contribution is -2.32. The number of carboxylic acids is 1. The topological polar surface area (TPSA) is 85.6 Å². The number of pyridine rings is 1. The molecule has 26 heavy (non-hydrogen) atoms. The number of esters is 1. The molecule has 1 aromatic heterocycles. The van der Waals surface area contributed by atoms with Gasteiger partial charge in [-0.1, -0.05) is 23.2 Å². The van der Waals surface area contributed by atoms with Crippen LogP contribution >= 0.6 is 23.2 Å². The lowest BCUT2D eigenvalue weighted by molar-refractivity contribution is -0.155. The third-order valence-corrected chi connectivity index (χ3v) is 3.67. The van der Waals surface area contributed by atoms with Crippen molar-refractivity contribution in [2.24, 2.45) is 0 Å². The van der Waals surface area contributed by atoms with Crippen LogP contribution < -0.4 is 5.56 Å². The molecule has 6 nitrogen and oxygen atoms in total. The molecule has 1 aromatic carbocycles. The Morgan fingerprint density at radius 3 is 2.15 bits per heavy atom. The highest BCUT2D eigenvalue weighted by atomic mass is 35.5. The van der Waals surface area contributed by atoms with E-state index in [-0.39, 0.29) is 0 Å². The van der Waals surface area contributed by atoms with Gasteiger partial charge in [0.25, 0.3) is 5.56 Å². The molecule has 0 saturated heterocycles. The van der Waals surface area contributed by atoms with Crippen molar-refractivity contribution in [1.29, 1.82) is 0 Å². The molecule has 0 radical (unpaired) electrons. The van der Waals surface area contributed by atoms with Crippen LogP contribution in [0.4, 0.5) is 0 Å². The van der Waals surface area contributed by atoms with Crippen LogP contribution in [0.1, 0.15) is 31.1 Å². The molecule has 0 bridgehead atoms. The van der Waals surface area contributed by atoms with Gasteiger partial charge < -0.3 is 14.4 Å². The second kappa shape index (κ2) is 7.51. The van der Waals surface area contributed by atoms with Crippen molar-refractivity contribution in [1.82, 2.24) is 4.57 Å². The maximum absolute atomic E-state index is 12.4. The Bertz CT molecular complexity index is 908. The highest BCUT2D eigenvalue weighted by molar-refractivity contribution is 6.35. The molecule has 0 saturated carbocycles. The van der Waals surface area contributed by atoms with E-state index in [0.717, 1.165) is 4.57 Å². The number of hydrogen-bond acceptors (Lipinski definition) is 4. The van der Waals surface area contributed by atoms with Gasteiger partial charge in [0.15, 0.2) is 0 Å². The molecule has 0 atom stereocenters. The summed E-state index contributed by atoms with van der Waals surface area (Å²) in [6.07, 6.45) is 1.38. The van der Waals surface area contributed by atoms with Crippen LogP contribution in [-0.2, 0) is 16.1 Å². The van der Waals surface area contributed by atoms with Crippen LogP contribution in [-0.4, -0.2) is 27.2 Å². The predicted molar refractivity (Wildman–Crippen MR) is 99.0 cm³/mol. The van der Waals surface area contributed by atoms with Gasteiger partial charge in [0.1, 0.15) is 17.7 Å². The third-order valence-electron chi connectivity index (χ3n) is 3.23. The van der Waals surface area contributed by atoms with Crippen molar-refractivity contribution in [3.05, 3.63) is 56.4 Å². The second-order valence-corrected chi connectivity index (χ2v) is 7.50. The van der Waals surface area contributed by atoms with Crippen molar-refractivity contribution >= 4 is 35.1 Å². The van der Waals surface area contributed by atoms with E-state index in [1.807, 2.05) is 0 Å². The average molecular weight is 398 g/mol. The summed E-state index contributed by atoms with van der Waals surface area (Å²) >= 11 is 12.0. The summed E-state index contributed by atoms with van der Waals surface area (Å²) < 4.78 is 6.19. The Kier molecular flexibility index (Phi) is 5.78. The summed E-state index contributed by atoms with van der Waals surface area (Å²) in [4.78, 5) is 35.8. The molecule has 0 unspecified atom stereocenters. The lowest BCUT2D eigenvalue weighted by atomic mass is 10.1. The minimum absolute atomic E-state index is 0.356. The maximum atomic E-state index is 12.4. The summed E-state index contributed by atoms with van der Waals surface area (Å²) in [5.74, 6) is -2.06. The van der Waals surface area contributed by atoms with Crippen LogP contribution in [0.2, 0.25) is 10.0 Å². The molecule has 0 aliphatic heterocycles. The molecule has 8 heteroatoms. The van der Waals surface area contributed by atoms with E-state index in [2.05, 4.69) is 0 Å². The van der Waals surface area contributed by atoms with Gasteiger partial charge in [-0.05, 0) is 56.2 Å². The van der Waals surface area contributed by atoms with Gasteiger partial charge in [-0.15, -0.1) is 0 Å². The lowest BCUT2D eigenvalue weighted by Gasteiger charge is -2.20. The predicted octanol–water partition coefficient (Wildman–Crippen LogP) is 3.86. The SMILES string of the molecule is CC(C)(C)OC(=O)Cn1cc(-c2cc(Cl)cc(Cl)c2)cc(C(=O)O)c1=O. The van der Waals surface area contributed by atoms with Crippen molar-refractivity contribution in [3.63, 3.8) is 0 Å². The van der Waals surface area contributed by atoms with Crippen LogP contribution in [0.25, 0.3) is 11.1 Å². The van der Waals surface area contributed by atoms with E-state index >= 15 is 0 Å². The molecule has 0 aliphatic carbocycles. The van der Waals surface area contributed by atoms with Crippen molar-refractivity contribution in [3.8, 4) is 11.1 Å². The van der Waals surface area contributed by atoms with E-state index in [9.17, 15) is 19.5 Å². The highest BCUT2D eigenvalue weighted by Gasteiger charge is 2.20. The molecule has 2 rings (SSSR count). The van der Waals surface area contributed by atoms with Crippen molar-refractivity contribution in [2.75, 3.05) is 0 Å². The number of aromatic nitrogens is 1. The first-order valence-electron chi connectivity index (χ1n) is 7.62. The van der Waals surface area contributed by atoms with Crippen LogP contribution in [0.15, 0.2) is 35.3 Å². The van der Waals surface area contributed by atoms with Crippen molar-refractivity contribution in [2.45, 2.75) is 32.9 Å². The minimum atomic E-state index is -1.40. The first-order chi connectivity index (χ1) is 12.0. The number of nitrogens with zero attached hydrogens (tertiary/aromatic N) is 1. The molecular weight excluding hydrogens is 381 g/mol. The summed E-state index contributed by atoms with van der Waals surface area (Å²) in [6.45, 7) is 4.67. The Hall–Kier alpha value is -2.31. The standard InChI is InChI=1S/C18H17Cl2NO5/c1-18(2,3)26-15(22)9-21-8-11(6-14(16(21)23)17(24)25)10-4-12(19)7-13(20)5-10/h4-8H,9H2,1-3H3,(H,24,25). The summed E-state index contributed by atoms with van der Waals surface area (Å²) in [5.41, 5.74) is -1.10. The zero-order chi connectivity index (χ0) is 19.6. The number of rotatable bonds is 4. The highest BCUT2D eigenvalue weighted by Crippen LogP contribution is 2.27. The van der Waals surface area contributed by atoms with Gasteiger partial charge in [0.05, 0.1) is 0 Å². The second-order valence-electron chi connectivity index (χ2n) is 6.63. The number of benzene rings is 1. The summed E-state index contributed by atoms with van der Waals surface area (Å²) in [5, 5.41) is 10.0. The number of carbonyl (C=O) groups excluding carboxylic acids is 1. The maximum Gasteiger partial charge on any atom is 0.341 e. The molecule has 0 spiro atoms. The zero-order valence-electron chi connectivity index (χ0n) is 14.4. The summed E-state index contributed by atoms with van der Waals surface area (Å²) in [7, 11) is 0. The smallest absolute Gasteiger partial charge is 0.341 e.